The number of thiazole rings is 1. The third-order valence-electron chi connectivity index (χ3n) is 4.07. The fourth-order valence-corrected chi connectivity index (χ4v) is 5.89. The van der Waals surface area contributed by atoms with E-state index in [0.29, 0.717) is 21.4 Å². The Kier molecular flexibility index (Phi) is 6.44. The van der Waals surface area contributed by atoms with E-state index in [2.05, 4.69) is 31.0 Å². The topological polar surface area (TPSA) is 88.2 Å². The molecule has 0 aliphatic rings. The molecular formula is C20H13BrClN3O3S3. The maximum atomic E-state index is 12.5. The lowest BCUT2D eigenvalue weighted by Gasteiger charge is -2.09. The van der Waals surface area contributed by atoms with Gasteiger partial charge in [-0.1, -0.05) is 11.6 Å². The molecule has 2 heterocycles. The highest BCUT2D eigenvalue weighted by Gasteiger charge is 2.15. The Morgan fingerprint density at radius 3 is 2.35 bits per heavy atom. The van der Waals surface area contributed by atoms with Crippen LogP contribution in [0, 0.1) is 0 Å². The maximum absolute atomic E-state index is 12.5. The van der Waals surface area contributed by atoms with E-state index in [1.807, 2.05) is 17.5 Å². The van der Waals surface area contributed by atoms with E-state index in [0.717, 1.165) is 14.4 Å². The highest BCUT2D eigenvalue weighted by molar-refractivity contribution is 9.11. The molecule has 11 heteroatoms. The third-order valence-corrected chi connectivity index (χ3v) is 8.13. The van der Waals surface area contributed by atoms with Crippen molar-refractivity contribution in [3.8, 4) is 10.6 Å². The van der Waals surface area contributed by atoms with Gasteiger partial charge in [0, 0.05) is 21.7 Å². The van der Waals surface area contributed by atoms with Crippen LogP contribution in [0.3, 0.4) is 0 Å². The Morgan fingerprint density at radius 1 is 1.00 bits per heavy atom. The van der Waals surface area contributed by atoms with Crippen molar-refractivity contribution in [1.29, 1.82) is 0 Å². The van der Waals surface area contributed by atoms with Gasteiger partial charge in [0.15, 0.2) is 5.13 Å². The van der Waals surface area contributed by atoms with Crippen LogP contribution >= 0.6 is 50.2 Å². The zero-order valence-corrected chi connectivity index (χ0v) is 20.3. The van der Waals surface area contributed by atoms with Gasteiger partial charge in [-0.05, 0) is 76.6 Å². The summed E-state index contributed by atoms with van der Waals surface area (Å²) < 4.78 is 28.4. The Labute approximate surface area is 200 Å². The van der Waals surface area contributed by atoms with Crippen molar-refractivity contribution in [2.45, 2.75) is 4.90 Å². The number of thiophene rings is 1. The predicted molar refractivity (Wildman–Crippen MR) is 130 cm³/mol. The first-order valence-corrected chi connectivity index (χ1v) is 13.1. The molecule has 0 bridgehead atoms. The molecule has 4 aromatic rings. The number of sulfonamides is 1. The molecule has 0 aliphatic carbocycles. The molecule has 158 valence electrons. The molecule has 6 nitrogen and oxygen atoms in total. The summed E-state index contributed by atoms with van der Waals surface area (Å²) in [6, 6.07) is 15.9. The van der Waals surface area contributed by atoms with E-state index < -0.39 is 10.0 Å². The van der Waals surface area contributed by atoms with Crippen LogP contribution < -0.4 is 10.0 Å². The molecule has 0 saturated carbocycles. The number of anilines is 2. The quantitative estimate of drug-likeness (QED) is 0.291. The van der Waals surface area contributed by atoms with E-state index >= 15 is 0 Å². The Balaban J connectivity index is 1.42. The van der Waals surface area contributed by atoms with Crippen LogP contribution in [0.1, 0.15) is 10.4 Å². The van der Waals surface area contributed by atoms with E-state index in [4.69, 9.17) is 11.6 Å². The van der Waals surface area contributed by atoms with Gasteiger partial charge in [-0.25, -0.2) is 13.4 Å². The molecule has 1 amide bonds. The van der Waals surface area contributed by atoms with Crippen LogP contribution in [0.4, 0.5) is 10.8 Å². The number of rotatable bonds is 6. The molecule has 31 heavy (non-hydrogen) atoms. The first-order chi connectivity index (χ1) is 14.8. The lowest BCUT2D eigenvalue weighted by Crippen LogP contribution is -2.14. The van der Waals surface area contributed by atoms with Gasteiger partial charge in [0.2, 0.25) is 0 Å². The van der Waals surface area contributed by atoms with Gasteiger partial charge in [-0.2, -0.15) is 0 Å². The zero-order chi connectivity index (χ0) is 22.0. The van der Waals surface area contributed by atoms with Crippen molar-refractivity contribution < 1.29 is 13.2 Å². The largest absolute Gasteiger partial charge is 0.298 e. The van der Waals surface area contributed by atoms with Crippen molar-refractivity contribution in [2.75, 3.05) is 10.0 Å². The number of benzene rings is 2. The van der Waals surface area contributed by atoms with Crippen LogP contribution in [0.2, 0.25) is 5.02 Å². The van der Waals surface area contributed by atoms with Gasteiger partial charge < -0.3 is 0 Å². The minimum atomic E-state index is -3.75. The molecule has 0 fully saturated rings. The first-order valence-electron chi connectivity index (χ1n) is 8.71. The molecule has 0 saturated heterocycles. The van der Waals surface area contributed by atoms with Gasteiger partial charge >= 0.3 is 0 Å². The van der Waals surface area contributed by atoms with Gasteiger partial charge in [-0.3, -0.25) is 14.8 Å². The number of carbonyl (C=O) groups is 1. The fraction of sp³-hybridized carbons (Fsp3) is 0. The second-order valence-electron chi connectivity index (χ2n) is 6.23. The summed E-state index contributed by atoms with van der Waals surface area (Å²) in [5, 5.41) is 5.57. The number of aromatic nitrogens is 1. The summed E-state index contributed by atoms with van der Waals surface area (Å²) in [4.78, 5) is 18.0. The number of amides is 1. The highest BCUT2D eigenvalue weighted by Crippen LogP contribution is 2.33. The summed E-state index contributed by atoms with van der Waals surface area (Å²) in [5.41, 5.74) is 1.51. The Bertz CT molecular complexity index is 1330. The average Bonchev–Trinajstić information content (AvgIpc) is 3.37. The summed E-state index contributed by atoms with van der Waals surface area (Å²) >= 11 is 12.1. The minimum absolute atomic E-state index is 0.0936. The van der Waals surface area contributed by atoms with Crippen molar-refractivity contribution in [2.24, 2.45) is 0 Å². The van der Waals surface area contributed by atoms with E-state index in [1.54, 1.807) is 23.5 Å². The second-order valence-corrected chi connectivity index (χ2v) is 11.7. The molecule has 0 radical (unpaired) electrons. The Morgan fingerprint density at radius 2 is 1.71 bits per heavy atom. The van der Waals surface area contributed by atoms with E-state index in [1.165, 1.54) is 47.7 Å². The van der Waals surface area contributed by atoms with Crippen LogP contribution in [0.15, 0.2) is 74.7 Å². The first kappa shape index (κ1) is 22.0. The number of nitrogens with one attached hydrogen (secondary N) is 2. The molecule has 4 rings (SSSR count). The summed E-state index contributed by atoms with van der Waals surface area (Å²) in [5.74, 6) is -0.333. The highest BCUT2D eigenvalue weighted by atomic mass is 79.9. The Hall–Kier alpha value is -2.24. The molecule has 0 spiro atoms. The van der Waals surface area contributed by atoms with Crippen molar-refractivity contribution in [3.63, 3.8) is 0 Å². The molecular weight excluding hydrogens is 542 g/mol. The number of carbonyl (C=O) groups excluding carboxylic acids is 1. The van der Waals surface area contributed by atoms with E-state index in [9.17, 15) is 13.2 Å². The maximum Gasteiger partial charge on any atom is 0.261 e. The predicted octanol–water partition coefficient (Wildman–Crippen LogP) is 6.34. The summed E-state index contributed by atoms with van der Waals surface area (Å²) in [6.07, 6.45) is 0. The third kappa shape index (κ3) is 5.34. The van der Waals surface area contributed by atoms with Gasteiger partial charge in [0.1, 0.15) is 0 Å². The number of nitrogens with zero attached hydrogens (tertiary/aromatic N) is 1. The zero-order valence-electron chi connectivity index (χ0n) is 15.5. The van der Waals surface area contributed by atoms with Crippen LogP contribution in [0.5, 0.6) is 0 Å². The number of halogens is 2. The van der Waals surface area contributed by atoms with Gasteiger partial charge in [0.05, 0.1) is 19.3 Å². The standard InChI is InChI=1S/C20H13BrClN3O3S3/c21-18-10-9-17(30-18)16-11-29-20(23-16)24-19(26)12-1-5-14(6-2-12)25-31(27,28)15-7-3-13(22)4-8-15/h1-11,25H,(H,23,24,26). The van der Waals surface area contributed by atoms with Crippen LogP contribution in [0.25, 0.3) is 10.6 Å². The monoisotopic (exact) mass is 553 g/mol. The van der Waals surface area contributed by atoms with Crippen LogP contribution in [-0.4, -0.2) is 19.3 Å². The summed E-state index contributed by atoms with van der Waals surface area (Å²) in [6.45, 7) is 0. The number of hydrogen-bond donors (Lipinski definition) is 2. The second kappa shape index (κ2) is 9.09. The van der Waals surface area contributed by atoms with Gasteiger partial charge in [-0.15, -0.1) is 22.7 Å². The lowest BCUT2D eigenvalue weighted by atomic mass is 10.2. The lowest BCUT2D eigenvalue weighted by molar-refractivity contribution is 0.102. The van der Waals surface area contributed by atoms with Gasteiger partial charge in [0.25, 0.3) is 15.9 Å². The average molecular weight is 555 g/mol. The van der Waals surface area contributed by atoms with Crippen molar-refractivity contribution in [3.05, 3.63) is 80.4 Å². The fourth-order valence-electron chi connectivity index (χ4n) is 2.58. The molecule has 0 unspecified atom stereocenters. The molecule has 2 N–H and O–H groups in total. The molecule has 2 aromatic heterocycles. The van der Waals surface area contributed by atoms with Crippen molar-refractivity contribution in [1.82, 2.24) is 4.98 Å². The molecule has 0 aliphatic heterocycles. The smallest absolute Gasteiger partial charge is 0.261 e. The SMILES string of the molecule is O=C(Nc1nc(-c2ccc(Br)s2)cs1)c1ccc(NS(=O)(=O)c2ccc(Cl)cc2)cc1. The van der Waals surface area contributed by atoms with E-state index in [-0.39, 0.29) is 10.8 Å². The van der Waals surface area contributed by atoms with Crippen molar-refractivity contribution >= 4 is 77.0 Å². The summed E-state index contributed by atoms with van der Waals surface area (Å²) in [7, 11) is -3.75. The number of hydrogen-bond acceptors (Lipinski definition) is 6. The molecule has 0 atom stereocenters. The normalized spacial score (nSPS) is 11.3. The minimum Gasteiger partial charge on any atom is -0.298 e. The molecule has 2 aromatic carbocycles. The van der Waals surface area contributed by atoms with Crippen LogP contribution in [-0.2, 0) is 10.0 Å².